The minimum absolute atomic E-state index is 0.639. The van der Waals surface area contributed by atoms with Gasteiger partial charge in [0.15, 0.2) is 0 Å². The third kappa shape index (κ3) is 20.1. The summed E-state index contributed by atoms with van der Waals surface area (Å²) in [6, 6.07) is 14.5. The van der Waals surface area contributed by atoms with Crippen molar-refractivity contribution in [2.24, 2.45) is 0 Å². The van der Waals surface area contributed by atoms with Crippen LogP contribution in [-0.4, -0.2) is 59.0 Å². The molecule has 8 heteroatoms. The van der Waals surface area contributed by atoms with Crippen LogP contribution in [0, 0.1) is 13.8 Å². The van der Waals surface area contributed by atoms with E-state index in [0.29, 0.717) is 6.61 Å². The molecule has 157 valence electrons. The second-order valence-corrected chi connectivity index (χ2v) is 7.71. The van der Waals surface area contributed by atoms with Gasteiger partial charge in [0.25, 0.3) is 17.9 Å². The third-order valence-corrected chi connectivity index (χ3v) is 5.82. The average molecular weight is 599 g/mol. The number of hydrogen-bond donors (Lipinski definition) is 3. The molecular formula is C21H27O7Pb. The first kappa shape index (κ1) is 28.8. The monoisotopic (exact) mass is 599 g/mol. The van der Waals surface area contributed by atoms with Gasteiger partial charge in [-0.2, -0.15) is 0 Å². The maximum absolute atomic E-state index is 9.00. The standard InChI is InChI=1S/C15H15O.3C2H4O2.Pb/c1-12-8-13(2)10-15(9-12)16-11-14-6-4-3-5-7-14;3*1-2(3)4;/h3-7,9-10H,11H2,1-2H3;3*1H3,(H,3,4);. The number of ether oxygens (including phenoxy) is 1. The molecule has 0 aliphatic heterocycles. The van der Waals surface area contributed by atoms with Gasteiger partial charge in [-0.25, -0.2) is 0 Å². The fraction of sp³-hybridized carbons (Fsp3) is 0.286. The molecule has 0 spiro atoms. The summed E-state index contributed by atoms with van der Waals surface area (Å²) in [5.41, 5.74) is 3.90. The number of rotatable bonds is 3. The Morgan fingerprint density at radius 1 is 0.828 bits per heavy atom. The molecule has 0 aromatic heterocycles. The van der Waals surface area contributed by atoms with E-state index in [1.54, 1.807) is 0 Å². The molecule has 0 saturated heterocycles. The molecule has 0 saturated carbocycles. The van der Waals surface area contributed by atoms with Crippen LogP contribution in [0.4, 0.5) is 0 Å². The van der Waals surface area contributed by atoms with Crippen molar-refractivity contribution in [2.45, 2.75) is 41.2 Å². The first-order valence-electron chi connectivity index (χ1n) is 8.44. The zero-order chi connectivity index (χ0) is 23.0. The summed E-state index contributed by atoms with van der Waals surface area (Å²) in [5.74, 6) is -1.52. The van der Waals surface area contributed by atoms with Gasteiger partial charge < -0.3 is 15.3 Å². The molecule has 29 heavy (non-hydrogen) atoms. The van der Waals surface area contributed by atoms with Crippen LogP contribution >= 0.6 is 0 Å². The number of hydrogen-bond acceptors (Lipinski definition) is 4. The van der Waals surface area contributed by atoms with Crippen molar-refractivity contribution in [2.75, 3.05) is 0 Å². The summed E-state index contributed by atoms with van der Waals surface area (Å²) in [4.78, 5) is 27.0. The van der Waals surface area contributed by atoms with Gasteiger partial charge in [-0.1, -0.05) is 0 Å². The SMILES string of the molecule is CC(=O)O.CC(=O)O.CC(=O)O.Cc1cc(OCc2ccccc2)cc(C)[c]1[Pb]. The summed E-state index contributed by atoms with van der Waals surface area (Å²) in [7, 11) is 0. The van der Waals surface area contributed by atoms with E-state index in [2.05, 4.69) is 38.1 Å². The Morgan fingerprint density at radius 3 is 1.52 bits per heavy atom. The molecule has 0 fully saturated rings. The zero-order valence-corrected chi connectivity index (χ0v) is 21.1. The second-order valence-electron chi connectivity index (χ2n) is 5.76. The molecule has 2 rings (SSSR count). The van der Waals surface area contributed by atoms with Gasteiger partial charge in [-0.15, -0.1) is 0 Å². The maximum atomic E-state index is 9.00. The number of carboxylic acid groups (broad SMARTS) is 3. The van der Waals surface area contributed by atoms with Crippen LogP contribution in [0.5, 0.6) is 5.75 Å². The summed E-state index contributed by atoms with van der Waals surface area (Å²) < 4.78 is 7.31. The molecule has 0 atom stereocenters. The predicted octanol–water partition coefficient (Wildman–Crippen LogP) is 2.95. The molecule has 0 amide bonds. The van der Waals surface area contributed by atoms with E-state index in [1.165, 1.54) is 19.8 Å². The van der Waals surface area contributed by atoms with Crippen molar-refractivity contribution in [1.82, 2.24) is 0 Å². The molecule has 0 aliphatic rings. The van der Waals surface area contributed by atoms with Gasteiger partial charge in [0, 0.05) is 20.8 Å². The number of benzene rings is 2. The first-order valence-corrected chi connectivity index (χ1v) is 10.4. The molecule has 0 heterocycles. The summed E-state index contributed by atoms with van der Waals surface area (Å²) in [6.07, 6.45) is 0. The number of aliphatic carboxylic acids is 3. The summed E-state index contributed by atoms with van der Waals surface area (Å²) >= 11 is 1.10. The third-order valence-electron chi connectivity index (χ3n) is 2.75. The Hall–Kier alpha value is -2.43. The Morgan fingerprint density at radius 2 is 1.17 bits per heavy atom. The van der Waals surface area contributed by atoms with Gasteiger partial charge in [-0.3, -0.25) is 14.4 Å². The Labute approximate surface area is 187 Å². The fourth-order valence-corrected chi connectivity index (χ4v) is 2.31. The van der Waals surface area contributed by atoms with Crippen LogP contribution in [0.15, 0.2) is 42.5 Å². The van der Waals surface area contributed by atoms with E-state index < -0.39 is 17.9 Å². The van der Waals surface area contributed by atoms with Crippen molar-refractivity contribution in [3.8, 4) is 5.75 Å². The van der Waals surface area contributed by atoms with Crippen molar-refractivity contribution < 1.29 is 34.4 Å². The Bertz CT molecular complexity index is 710. The molecule has 0 bridgehead atoms. The Kier molecular flexibility index (Phi) is 16.4. The van der Waals surface area contributed by atoms with Crippen LogP contribution in [0.3, 0.4) is 0 Å². The average Bonchev–Trinajstić information content (AvgIpc) is 2.57. The molecule has 7 nitrogen and oxygen atoms in total. The van der Waals surface area contributed by atoms with Crippen LogP contribution < -0.4 is 7.86 Å². The van der Waals surface area contributed by atoms with Crippen LogP contribution in [0.2, 0.25) is 0 Å². The predicted molar refractivity (Wildman–Crippen MR) is 112 cm³/mol. The number of carboxylic acids is 3. The van der Waals surface area contributed by atoms with Gasteiger partial charge in [-0.05, 0) is 0 Å². The summed E-state index contributed by atoms with van der Waals surface area (Å²) in [5, 5.41) is 22.2. The van der Waals surface area contributed by atoms with Crippen molar-refractivity contribution in [1.29, 1.82) is 0 Å². The van der Waals surface area contributed by atoms with Crippen molar-refractivity contribution in [3.05, 3.63) is 59.2 Å². The normalized spacial score (nSPS) is 8.62. The zero-order valence-electron chi connectivity index (χ0n) is 17.2. The molecule has 2 aromatic rings. The minimum atomic E-state index is -0.833. The van der Waals surface area contributed by atoms with Crippen LogP contribution in [0.25, 0.3) is 0 Å². The van der Waals surface area contributed by atoms with E-state index in [-0.39, 0.29) is 0 Å². The Balaban J connectivity index is 0. The molecule has 0 unspecified atom stereocenters. The number of aryl methyl sites for hydroxylation is 2. The van der Waals surface area contributed by atoms with Gasteiger partial charge in [0.05, 0.1) is 0 Å². The molecule has 3 radical (unpaired) electrons. The van der Waals surface area contributed by atoms with Gasteiger partial charge in [0.1, 0.15) is 0 Å². The quantitative estimate of drug-likeness (QED) is 0.465. The molecule has 2 aromatic carbocycles. The van der Waals surface area contributed by atoms with E-state index >= 15 is 0 Å². The first-order chi connectivity index (χ1) is 13.4. The second kappa shape index (κ2) is 16.5. The van der Waals surface area contributed by atoms with Crippen molar-refractivity contribution >= 4 is 46.8 Å². The van der Waals surface area contributed by atoms with Crippen LogP contribution in [0.1, 0.15) is 37.5 Å². The molecule has 0 aliphatic carbocycles. The number of carbonyl (C=O) groups is 3. The van der Waals surface area contributed by atoms with E-state index in [4.69, 9.17) is 34.4 Å². The summed E-state index contributed by atoms with van der Waals surface area (Å²) in [6.45, 7) is 8.20. The van der Waals surface area contributed by atoms with E-state index in [1.807, 2.05) is 18.2 Å². The van der Waals surface area contributed by atoms with Crippen LogP contribution in [-0.2, 0) is 21.0 Å². The van der Waals surface area contributed by atoms with Gasteiger partial charge >= 0.3 is 119 Å². The van der Waals surface area contributed by atoms with Crippen molar-refractivity contribution in [3.63, 3.8) is 0 Å². The molecule has 3 N–H and O–H groups in total. The van der Waals surface area contributed by atoms with Gasteiger partial charge in [0.2, 0.25) is 0 Å². The molecular weight excluding hydrogens is 571 g/mol. The fourth-order valence-electron chi connectivity index (χ4n) is 1.75. The van der Waals surface area contributed by atoms with E-state index in [9.17, 15) is 0 Å². The topological polar surface area (TPSA) is 121 Å². The van der Waals surface area contributed by atoms with E-state index in [0.717, 1.165) is 52.3 Å².